The summed E-state index contributed by atoms with van der Waals surface area (Å²) in [6, 6.07) is 5.00. The van der Waals surface area contributed by atoms with Crippen molar-refractivity contribution in [1.29, 1.82) is 0 Å². The van der Waals surface area contributed by atoms with Crippen LogP contribution in [0.4, 0.5) is 0 Å². The first kappa shape index (κ1) is 14.8. The first-order chi connectivity index (χ1) is 9.40. The van der Waals surface area contributed by atoms with E-state index in [-0.39, 0.29) is 10.9 Å². The molecule has 2 rings (SSSR count). The van der Waals surface area contributed by atoms with E-state index in [0.717, 1.165) is 43.5 Å². The van der Waals surface area contributed by atoms with Gasteiger partial charge in [0.15, 0.2) is 0 Å². The summed E-state index contributed by atoms with van der Waals surface area (Å²) in [7, 11) is -3.73. The van der Waals surface area contributed by atoms with Crippen LogP contribution < -0.4 is 5.73 Å². The van der Waals surface area contributed by atoms with Crippen LogP contribution in [-0.2, 0) is 10.0 Å². The molecule has 20 heavy (non-hydrogen) atoms. The third kappa shape index (κ3) is 3.30. The Labute approximate surface area is 120 Å². The summed E-state index contributed by atoms with van der Waals surface area (Å²) >= 11 is 0. The molecule has 0 atom stereocenters. The summed E-state index contributed by atoms with van der Waals surface area (Å²) in [5, 5.41) is 0. The molecule has 110 valence electrons. The molecule has 2 N–H and O–H groups in total. The minimum absolute atomic E-state index is 0.0999. The third-order valence-corrected chi connectivity index (χ3v) is 4.95. The van der Waals surface area contributed by atoms with Crippen LogP contribution in [0.2, 0.25) is 0 Å². The van der Waals surface area contributed by atoms with Crippen molar-refractivity contribution in [3.8, 4) is 0 Å². The molecular weight excluding hydrogens is 274 g/mol. The summed E-state index contributed by atoms with van der Waals surface area (Å²) in [4.78, 5) is 2.03. The van der Waals surface area contributed by atoms with Gasteiger partial charge < -0.3 is 10.6 Å². The molecule has 0 unspecified atom stereocenters. The quantitative estimate of drug-likeness (QED) is 0.666. The Morgan fingerprint density at radius 1 is 1.15 bits per heavy atom. The van der Waals surface area contributed by atoms with Crippen LogP contribution >= 0.6 is 0 Å². The van der Waals surface area contributed by atoms with Gasteiger partial charge in [-0.25, -0.2) is 0 Å². The zero-order valence-corrected chi connectivity index (χ0v) is 12.8. The maximum atomic E-state index is 12.3. The second kappa shape index (κ2) is 5.83. The lowest BCUT2D eigenvalue weighted by Crippen LogP contribution is -2.41. The Hall–Kier alpha value is -1.56. The summed E-state index contributed by atoms with van der Waals surface area (Å²) < 4.78 is 28.3. The zero-order valence-electron chi connectivity index (χ0n) is 12.0. The highest BCUT2D eigenvalue weighted by Gasteiger charge is 2.18. The van der Waals surface area contributed by atoms with E-state index in [0.29, 0.717) is 0 Å². The Morgan fingerprint density at radius 2 is 1.80 bits per heavy atom. The summed E-state index contributed by atoms with van der Waals surface area (Å²) in [5.74, 6) is 0.0999. The smallest absolute Gasteiger partial charge is 0.285 e. The molecule has 5 nitrogen and oxygen atoms in total. The van der Waals surface area contributed by atoms with Crippen LogP contribution in [0.5, 0.6) is 0 Å². The molecule has 1 aliphatic heterocycles. The maximum Gasteiger partial charge on any atom is 0.285 e. The van der Waals surface area contributed by atoms with Gasteiger partial charge >= 0.3 is 0 Å². The first-order valence-electron chi connectivity index (χ1n) is 6.83. The van der Waals surface area contributed by atoms with E-state index in [1.54, 1.807) is 18.2 Å². The van der Waals surface area contributed by atoms with Crippen molar-refractivity contribution in [1.82, 2.24) is 4.90 Å². The van der Waals surface area contributed by atoms with Crippen molar-refractivity contribution in [3.05, 3.63) is 29.3 Å². The van der Waals surface area contributed by atoms with Gasteiger partial charge in [0.2, 0.25) is 5.96 Å². The fourth-order valence-corrected chi connectivity index (χ4v) is 3.26. The normalized spacial score (nSPS) is 17.3. The van der Waals surface area contributed by atoms with Crippen molar-refractivity contribution in [2.75, 3.05) is 13.1 Å². The number of nitrogens with two attached hydrogens (primary N) is 1. The molecule has 1 aromatic rings. The minimum Gasteiger partial charge on any atom is -0.369 e. The number of hydrogen-bond donors (Lipinski definition) is 1. The summed E-state index contributed by atoms with van der Waals surface area (Å²) in [5.41, 5.74) is 7.82. The molecule has 1 heterocycles. The van der Waals surface area contributed by atoms with Crippen LogP contribution in [0, 0.1) is 13.8 Å². The second-order valence-corrected chi connectivity index (χ2v) is 6.82. The lowest BCUT2D eigenvalue weighted by molar-refractivity contribution is 0.339. The van der Waals surface area contributed by atoms with E-state index < -0.39 is 10.0 Å². The van der Waals surface area contributed by atoms with Gasteiger partial charge in [0.05, 0.1) is 4.90 Å². The standard InChI is InChI=1S/C14H21N3O2S/c1-11-6-7-13(10-12(11)2)20(18,19)16-14(15)17-8-4-3-5-9-17/h6-7,10H,3-5,8-9H2,1-2H3,(H2,15,16). The van der Waals surface area contributed by atoms with Gasteiger partial charge in [-0.1, -0.05) is 6.07 Å². The van der Waals surface area contributed by atoms with Gasteiger partial charge in [0, 0.05) is 13.1 Å². The second-order valence-electron chi connectivity index (χ2n) is 5.22. The molecule has 1 saturated heterocycles. The van der Waals surface area contributed by atoms with Crippen LogP contribution in [0.1, 0.15) is 30.4 Å². The van der Waals surface area contributed by atoms with Crippen LogP contribution in [0.15, 0.2) is 27.5 Å². The molecule has 1 fully saturated rings. The van der Waals surface area contributed by atoms with E-state index >= 15 is 0 Å². The highest BCUT2D eigenvalue weighted by molar-refractivity contribution is 7.90. The number of sulfonamides is 1. The highest BCUT2D eigenvalue weighted by atomic mass is 32.2. The number of likely N-dealkylation sites (tertiary alicyclic amines) is 1. The number of guanidine groups is 1. The van der Waals surface area contributed by atoms with Crippen molar-refractivity contribution in [2.45, 2.75) is 38.0 Å². The van der Waals surface area contributed by atoms with E-state index in [9.17, 15) is 8.42 Å². The topological polar surface area (TPSA) is 75.8 Å². The van der Waals surface area contributed by atoms with E-state index in [4.69, 9.17) is 5.73 Å². The van der Waals surface area contributed by atoms with Gasteiger partial charge in [0.25, 0.3) is 10.0 Å². The SMILES string of the molecule is Cc1ccc(S(=O)(=O)N=C(N)N2CCCCC2)cc1C. The molecule has 0 radical (unpaired) electrons. The van der Waals surface area contributed by atoms with Crippen molar-refractivity contribution in [3.63, 3.8) is 0 Å². The van der Waals surface area contributed by atoms with Crippen LogP contribution in [0.25, 0.3) is 0 Å². The average molecular weight is 295 g/mol. The van der Waals surface area contributed by atoms with Crippen molar-refractivity contribution in [2.24, 2.45) is 10.1 Å². The third-order valence-electron chi connectivity index (χ3n) is 3.67. The van der Waals surface area contributed by atoms with Crippen LogP contribution in [-0.4, -0.2) is 32.4 Å². The minimum atomic E-state index is -3.73. The molecule has 1 aliphatic rings. The van der Waals surface area contributed by atoms with E-state index in [2.05, 4.69) is 4.40 Å². The maximum absolute atomic E-state index is 12.3. The molecule has 0 aliphatic carbocycles. The number of nitrogens with zero attached hydrogens (tertiary/aromatic N) is 2. The Bertz CT molecular complexity index is 617. The highest BCUT2D eigenvalue weighted by Crippen LogP contribution is 2.17. The number of benzene rings is 1. The molecule has 0 amide bonds. The molecule has 0 saturated carbocycles. The molecule has 0 spiro atoms. The monoisotopic (exact) mass is 295 g/mol. The number of piperidine rings is 1. The predicted molar refractivity (Wildman–Crippen MR) is 80.1 cm³/mol. The van der Waals surface area contributed by atoms with Gasteiger partial charge in [-0.2, -0.15) is 8.42 Å². The van der Waals surface area contributed by atoms with Crippen LogP contribution in [0.3, 0.4) is 0 Å². The van der Waals surface area contributed by atoms with Gasteiger partial charge in [0.1, 0.15) is 0 Å². The first-order valence-corrected chi connectivity index (χ1v) is 8.27. The summed E-state index contributed by atoms with van der Waals surface area (Å²) in [6.45, 7) is 5.37. The van der Waals surface area contributed by atoms with E-state index in [1.165, 1.54) is 0 Å². The fraction of sp³-hybridized carbons (Fsp3) is 0.500. The predicted octanol–water partition coefficient (Wildman–Crippen LogP) is 1.79. The Morgan fingerprint density at radius 3 is 2.40 bits per heavy atom. The van der Waals surface area contributed by atoms with Gasteiger partial charge in [-0.3, -0.25) is 0 Å². The summed E-state index contributed by atoms with van der Waals surface area (Å²) in [6.07, 6.45) is 3.22. The van der Waals surface area contributed by atoms with Gasteiger partial charge in [-0.05, 0) is 56.4 Å². The average Bonchev–Trinajstić information content (AvgIpc) is 2.42. The Balaban J connectivity index is 2.27. The molecule has 0 bridgehead atoms. The largest absolute Gasteiger partial charge is 0.369 e. The van der Waals surface area contributed by atoms with Crippen molar-refractivity contribution < 1.29 is 8.42 Å². The number of hydrogen-bond acceptors (Lipinski definition) is 2. The number of aryl methyl sites for hydroxylation is 2. The molecular formula is C14H21N3O2S. The molecule has 0 aromatic heterocycles. The molecule has 1 aromatic carbocycles. The molecule has 6 heteroatoms. The van der Waals surface area contributed by atoms with E-state index in [1.807, 2.05) is 18.7 Å². The lowest BCUT2D eigenvalue weighted by Gasteiger charge is -2.27. The Kier molecular flexibility index (Phi) is 4.32. The lowest BCUT2D eigenvalue weighted by atomic mass is 10.1. The fourth-order valence-electron chi connectivity index (χ4n) is 2.23. The van der Waals surface area contributed by atoms with Crippen molar-refractivity contribution >= 4 is 16.0 Å². The van der Waals surface area contributed by atoms with Gasteiger partial charge in [-0.15, -0.1) is 4.40 Å². The number of rotatable bonds is 2. The zero-order chi connectivity index (χ0) is 14.8.